The molecular formula is C15H22N2O7S. The molecule has 1 amide bonds. The van der Waals surface area contributed by atoms with E-state index in [-0.39, 0.29) is 24.5 Å². The van der Waals surface area contributed by atoms with Crippen LogP contribution < -0.4 is 19.5 Å². The lowest BCUT2D eigenvalue weighted by molar-refractivity contribution is -0.141. The third-order valence-corrected chi connectivity index (χ3v) is 4.38. The van der Waals surface area contributed by atoms with Crippen molar-refractivity contribution in [3.05, 3.63) is 23.8 Å². The van der Waals surface area contributed by atoms with Crippen LogP contribution in [0.2, 0.25) is 0 Å². The minimum Gasteiger partial charge on any atom is -0.497 e. The fraction of sp³-hybridized carbons (Fsp3) is 0.467. The summed E-state index contributed by atoms with van der Waals surface area (Å²) in [7, 11) is -0.815. The first kappa shape index (κ1) is 20.7. The maximum atomic E-state index is 12.1. The number of esters is 1. The van der Waals surface area contributed by atoms with E-state index in [2.05, 4.69) is 14.8 Å². The highest BCUT2D eigenvalue weighted by molar-refractivity contribution is 7.89. The van der Waals surface area contributed by atoms with Gasteiger partial charge in [-0.05, 0) is 19.1 Å². The molecular weight excluding hydrogens is 352 g/mol. The molecule has 10 heteroatoms. The first-order chi connectivity index (χ1) is 11.8. The quantitative estimate of drug-likeness (QED) is 0.550. The predicted molar refractivity (Wildman–Crippen MR) is 90.3 cm³/mol. The maximum Gasteiger partial charge on any atom is 0.320 e. The standard InChI is InChI=1S/C15H22N2O7S/c1-4-24-14(18)10-17-25(20,21)8-7-16-15(19)12-6-5-11(22-2)9-13(12)23-3/h5-6,9,17H,4,7-8,10H2,1-3H3,(H,16,19). The van der Waals surface area contributed by atoms with Gasteiger partial charge < -0.3 is 19.5 Å². The van der Waals surface area contributed by atoms with Gasteiger partial charge in [-0.15, -0.1) is 0 Å². The molecule has 0 spiro atoms. The van der Waals surface area contributed by atoms with Crippen molar-refractivity contribution in [1.29, 1.82) is 0 Å². The van der Waals surface area contributed by atoms with Crippen molar-refractivity contribution in [1.82, 2.24) is 10.0 Å². The Kier molecular flexibility index (Phi) is 8.16. The molecule has 0 fully saturated rings. The lowest BCUT2D eigenvalue weighted by Crippen LogP contribution is -2.37. The Labute approximate surface area is 146 Å². The summed E-state index contributed by atoms with van der Waals surface area (Å²) in [5.41, 5.74) is 0.250. The van der Waals surface area contributed by atoms with Gasteiger partial charge in [0.1, 0.15) is 18.0 Å². The van der Waals surface area contributed by atoms with Crippen LogP contribution in [0.5, 0.6) is 11.5 Å². The Hall–Kier alpha value is -2.33. The van der Waals surface area contributed by atoms with Gasteiger partial charge >= 0.3 is 5.97 Å². The summed E-state index contributed by atoms with van der Waals surface area (Å²) in [5.74, 6) is -0.700. The number of carbonyl (C=O) groups excluding carboxylic acids is 2. The second kappa shape index (κ2) is 9.84. The normalized spacial score (nSPS) is 10.8. The zero-order valence-corrected chi connectivity index (χ0v) is 15.1. The van der Waals surface area contributed by atoms with Crippen LogP contribution in [0.25, 0.3) is 0 Å². The van der Waals surface area contributed by atoms with E-state index >= 15 is 0 Å². The molecule has 0 heterocycles. The number of ether oxygens (including phenoxy) is 3. The number of hydrogen-bond acceptors (Lipinski definition) is 7. The Morgan fingerprint density at radius 1 is 1.16 bits per heavy atom. The second-order valence-corrected chi connectivity index (χ2v) is 6.69. The average molecular weight is 374 g/mol. The van der Waals surface area contributed by atoms with Gasteiger partial charge in [-0.25, -0.2) is 13.1 Å². The number of hydrogen-bond donors (Lipinski definition) is 2. The molecule has 0 radical (unpaired) electrons. The second-order valence-electron chi connectivity index (χ2n) is 4.77. The zero-order chi connectivity index (χ0) is 18.9. The molecule has 25 heavy (non-hydrogen) atoms. The van der Waals surface area contributed by atoms with Gasteiger partial charge in [-0.2, -0.15) is 0 Å². The number of sulfonamides is 1. The first-order valence-corrected chi connectivity index (χ1v) is 9.11. The summed E-state index contributed by atoms with van der Waals surface area (Å²) in [5, 5.41) is 2.48. The Morgan fingerprint density at radius 2 is 1.88 bits per heavy atom. The van der Waals surface area contributed by atoms with E-state index in [1.54, 1.807) is 19.1 Å². The third-order valence-electron chi connectivity index (χ3n) is 3.05. The molecule has 1 aromatic carbocycles. The van der Waals surface area contributed by atoms with E-state index in [1.165, 1.54) is 20.3 Å². The summed E-state index contributed by atoms with van der Waals surface area (Å²) < 4.78 is 40.4. The molecule has 0 aliphatic heterocycles. The highest BCUT2D eigenvalue weighted by Gasteiger charge is 2.16. The van der Waals surface area contributed by atoms with E-state index in [0.717, 1.165) is 0 Å². The molecule has 1 rings (SSSR count). The van der Waals surface area contributed by atoms with E-state index in [1.807, 2.05) is 0 Å². The van der Waals surface area contributed by atoms with Crippen LogP contribution in [-0.2, 0) is 19.6 Å². The van der Waals surface area contributed by atoms with Crippen LogP contribution >= 0.6 is 0 Å². The van der Waals surface area contributed by atoms with Gasteiger partial charge in [0.2, 0.25) is 10.0 Å². The fourth-order valence-corrected chi connectivity index (χ4v) is 2.69. The molecule has 0 aliphatic carbocycles. The molecule has 0 unspecified atom stereocenters. The van der Waals surface area contributed by atoms with Crippen molar-refractivity contribution in [2.45, 2.75) is 6.92 Å². The molecule has 140 valence electrons. The van der Waals surface area contributed by atoms with E-state index in [4.69, 9.17) is 9.47 Å². The molecule has 0 aromatic heterocycles. The van der Waals surface area contributed by atoms with Crippen molar-refractivity contribution < 1.29 is 32.2 Å². The number of carbonyl (C=O) groups is 2. The summed E-state index contributed by atoms with van der Waals surface area (Å²) in [6.45, 7) is 1.21. The number of rotatable bonds is 10. The summed E-state index contributed by atoms with van der Waals surface area (Å²) >= 11 is 0. The number of nitrogens with one attached hydrogen (secondary N) is 2. The molecule has 1 aromatic rings. The highest BCUT2D eigenvalue weighted by atomic mass is 32.2. The lowest BCUT2D eigenvalue weighted by atomic mass is 10.2. The molecule has 2 N–H and O–H groups in total. The highest BCUT2D eigenvalue weighted by Crippen LogP contribution is 2.24. The van der Waals surface area contributed by atoms with Gasteiger partial charge in [0.05, 0.1) is 32.1 Å². The van der Waals surface area contributed by atoms with Crippen LogP contribution in [-0.4, -0.2) is 60.0 Å². The van der Waals surface area contributed by atoms with E-state index in [0.29, 0.717) is 11.5 Å². The first-order valence-electron chi connectivity index (χ1n) is 7.46. The summed E-state index contributed by atoms with van der Waals surface area (Å²) in [4.78, 5) is 23.3. The van der Waals surface area contributed by atoms with Crippen molar-refractivity contribution in [2.75, 3.05) is 39.7 Å². The summed E-state index contributed by atoms with van der Waals surface area (Å²) in [6, 6.07) is 4.65. The largest absolute Gasteiger partial charge is 0.497 e. The molecule has 0 atom stereocenters. The monoisotopic (exact) mass is 374 g/mol. The van der Waals surface area contributed by atoms with Crippen molar-refractivity contribution in [2.24, 2.45) is 0 Å². The van der Waals surface area contributed by atoms with Crippen LogP contribution in [0.3, 0.4) is 0 Å². The number of benzene rings is 1. The molecule has 0 saturated heterocycles. The average Bonchev–Trinajstić information content (AvgIpc) is 2.59. The minimum absolute atomic E-state index is 0.133. The SMILES string of the molecule is CCOC(=O)CNS(=O)(=O)CCNC(=O)c1ccc(OC)cc1OC. The lowest BCUT2D eigenvalue weighted by Gasteiger charge is -2.11. The van der Waals surface area contributed by atoms with Gasteiger partial charge in [0.25, 0.3) is 5.91 Å². The Balaban J connectivity index is 2.55. The van der Waals surface area contributed by atoms with E-state index < -0.39 is 28.4 Å². The molecule has 0 aliphatic rings. The fourth-order valence-electron chi connectivity index (χ4n) is 1.83. The zero-order valence-electron chi connectivity index (χ0n) is 14.3. The van der Waals surface area contributed by atoms with Crippen LogP contribution in [0.15, 0.2) is 18.2 Å². The topological polar surface area (TPSA) is 120 Å². The van der Waals surface area contributed by atoms with Gasteiger partial charge in [-0.1, -0.05) is 0 Å². The third kappa shape index (κ3) is 6.98. The molecule has 0 saturated carbocycles. The Bertz CT molecular complexity index is 704. The van der Waals surface area contributed by atoms with Crippen molar-refractivity contribution >= 4 is 21.9 Å². The maximum absolute atomic E-state index is 12.1. The molecule has 0 bridgehead atoms. The van der Waals surface area contributed by atoms with Gasteiger partial charge in [0.15, 0.2) is 0 Å². The van der Waals surface area contributed by atoms with Gasteiger partial charge in [0, 0.05) is 12.6 Å². The predicted octanol–water partition coefficient (Wildman–Crippen LogP) is -0.0839. The number of amides is 1. The van der Waals surface area contributed by atoms with Gasteiger partial charge in [-0.3, -0.25) is 9.59 Å². The van der Waals surface area contributed by atoms with Crippen LogP contribution in [0, 0.1) is 0 Å². The number of methoxy groups -OCH3 is 2. The van der Waals surface area contributed by atoms with Crippen LogP contribution in [0.4, 0.5) is 0 Å². The minimum atomic E-state index is -3.72. The Morgan fingerprint density at radius 3 is 2.48 bits per heavy atom. The van der Waals surface area contributed by atoms with Crippen LogP contribution in [0.1, 0.15) is 17.3 Å². The smallest absolute Gasteiger partial charge is 0.320 e. The molecule has 9 nitrogen and oxygen atoms in total. The van der Waals surface area contributed by atoms with Crippen molar-refractivity contribution in [3.8, 4) is 11.5 Å². The van der Waals surface area contributed by atoms with Crippen molar-refractivity contribution in [3.63, 3.8) is 0 Å². The van der Waals surface area contributed by atoms with E-state index in [9.17, 15) is 18.0 Å². The summed E-state index contributed by atoms with van der Waals surface area (Å²) in [6.07, 6.45) is 0.